The number of anilines is 3. The third-order valence-electron chi connectivity index (χ3n) is 13.5. The number of fused-ring (bicyclic) bond motifs is 2. The Balaban J connectivity index is 0.00000317. The van der Waals surface area contributed by atoms with E-state index in [1.165, 1.54) is 47.1 Å². The lowest BCUT2D eigenvalue weighted by Crippen LogP contribution is -2.49. The van der Waals surface area contributed by atoms with Crippen LogP contribution in [0.15, 0.2) is 53.6 Å². The highest BCUT2D eigenvalue weighted by Gasteiger charge is 2.44. The topological polar surface area (TPSA) is 217 Å². The molecular formula is C47H55F2N11O8S. The van der Waals surface area contributed by atoms with Crippen LogP contribution in [-0.2, 0) is 31.6 Å². The summed E-state index contributed by atoms with van der Waals surface area (Å²) in [5.41, 5.74) is -0.0143. The molecular weight excluding hydrogens is 917 g/mol. The molecule has 19 nitrogen and oxygen atoms in total. The van der Waals surface area contributed by atoms with Gasteiger partial charge in [-0.3, -0.25) is 38.6 Å². The molecule has 6 heterocycles. The summed E-state index contributed by atoms with van der Waals surface area (Å²) in [7, 11) is -0.959. The van der Waals surface area contributed by atoms with Crippen molar-refractivity contribution >= 4 is 67.1 Å². The molecule has 3 aromatic carbocycles. The molecule has 4 aliphatic rings. The molecule has 4 amide bonds. The van der Waals surface area contributed by atoms with Crippen LogP contribution in [0.2, 0.25) is 0 Å². The minimum atomic E-state index is -4.04. The van der Waals surface area contributed by atoms with Crippen molar-refractivity contribution in [3.63, 3.8) is 0 Å². The van der Waals surface area contributed by atoms with Crippen LogP contribution in [0.4, 0.5) is 30.8 Å². The SMILES string of the molecule is CC.CCN(C)S(=O)(=O)Nc1ccc(F)c(Oc2ccc3ncn([C@H]4COC5(CCN(C(=O)CC6CCN(c7cc8c(cc7F)c(N7CCC(=O)NC7=O)nn8C)CC6)CC5)C4)c(=O)c3c2)c1C#N. The van der Waals surface area contributed by atoms with Crippen molar-refractivity contribution in [1.82, 2.24) is 33.9 Å². The molecule has 0 unspecified atom stereocenters. The van der Waals surface area contributed by atoms with Crippen LogP contribution in [-0.4, -0.2) is 113 Å². The summed E-state index contributed by atoms with van der Waals surface area (Å²) >= 11 is 0. The van der Waals surface area contributed by atoms with E-state index in [1.807, 2.05) is 29.7 Å². The first-order valence-electron chi connectivity index (χ1n) is 23.2. The minimum Gasteiger partial charge on any atom is -0.453 e. The zero-order chi connectivity index (χ0) is 49.4. The predicted molar refractivity (Wildman–Crippen MR) is 253 cm³/mol. The van der Waals surface area contributed by atoms with E-state index in [-0.39, 0.29) is 77.8 Å². The van der Waals surface area contributed by atoms with E-state index in [4.69, 9.17) is 9.47 Å². The predicted octanol–water partition coefficient (Wildman–Crippen LogP) is 5.94. The second-order valence-electron chi connectivity index (χ2n) is 17.6. The van der Waals surface area contributed by atoms with Crippen LogP contribution in [0.5, 0.6) is 11.5 Å². The summed E-state index contributed by atoms with van der Waals surface area (Å²) in [5, 5.41) is 17.3. The van der Waals surface area contributed by atoms with Crippen molar-refractivity contribution in [3.8, 4) is 17.6 Å². The fourth-order valence-corrected chi connectivity index (χ4v) is 10.5. The van der Waals surface area contributed by atoms with Gasteiger partial charge in [-0.2, -0.15) is 23.1 Å². The van der Waals surface area contributed by atoms with E-state index in [0.29, 0.717) is 92.6 Å². The Labute approximate surface area is 397 Å². The third kappa shape index (κ3) is 9.67. The van der Waals surface area contributed by atoms with Gasteiger partial charge in [0.1, 0.15) is 23.2 Å². The molecule has 0 saturated carbocycles. The monoisotopic (exact) mass is 971 g/mol. The fourth-order valence-electron chi connectivity index (χ4n) is 9.52. The lowest BCUT2D eigenvalue weighted by atomic mass is 9.86. The van der Waals surface area contributed by atoms with Gasteiger partial charge in [-0.05, 0) is 80.5 Å². The molecule has 22 heteroatoms. The number of piperidine rings is 2. The summed E-state index contributed by atoms with van der Waals surface area (Å²) < 4.78 is 74.9. The summed E-state index contributed by atoms with van der Waals surface area (Å²) in [6.45, 7) is 8.33. The number of hydrogen-bond acceptors (Lipinski definition) is 12. The van der Waals surface area contributed by atoms with Gasteiger partial charge >= 0.3 is 16.2 Å². The number of benzene rings is 3. The molecule has 0 radical (unpaired) electrons. The quantitative estimate of drug-likeness (QED) is 0.157. The smallest absolute Gasteiger partial charge is 0.329 e. The molecule has 1 spiro atoms. The Morgan fingerprint density at radius 2 is 1.77 bits per heavy atom. The molecule has 4 fully saturated rings. The third-order valence-corrected chi connectivity index (χ3v) is 15.1. The largest absolute Gasteiger partial charge is 0.453 e. The second kappa shape index (κ2) is 19.7. The Morgan fingerprint density at radius 3 is 2.46 bits per heavy atom. The van der Waals surface area contributed by atoms with Crippen LogP contribution in [0.3, 0.4) is 0 Å². The van der Waals surface area contributed by atoms with Gasteiger partial charge in [0.25, 0.3) is 5.56 Å². The number of aryl methyl sites for hydroxylation is 1. The number of likely N-dealkylation sites (tertiary alicyclic amines) is 1. The minimum absolute atomic E-state index is 0.0330. The lowest BCUT2D eigenvalue weighted by Gasteiger charge is -2.40. The van der Waals surface area contributed by atoms with Crippen molar-refractivity contribution in [2.24, 2.45) is 13.0 Å². The van der Waals surface area contributed by atoms with Crippen molar-refractivity contribution in [1.29, 1.82) is 5.26 Å². The average molecular weight is 972 g/mol. The zero-order valence-electron chi connectivity index (χ0n) is 39.1. The molecule has 5 aromatic rings. The Bertz CT molecular complexity index is 3030. The number of carbonyl (C=O) groups excluding carboxylic acids is 3. The zero-order valence-corrected chi connectivity index (χ0v) is 39.9. The molecule has 0 bridgehead atoms. The number of amides is 4. The molecule has 4 saturated heterocycles. The van der Waals surface area contributed by atoms with Crippen molar-refractivity contribution in [2.75, 3.05) is 67.4 Å². The first-order valence-corrected chi connectivity index (χ1v) is 24.6. The maximum absolute atomic E-state index is 15.7. The highest BCUT2D eigenvalue weighted by Crippen LogP contribution is 2.41. The molecule has 366 valence electrons. The van der Waals surface area contributed by atoms with E-state index in [0.717, 1.165) is 16.4 Å². The van der Waals surface area contributed by atoms with Crippen molar-refractivity contribution < 1.29 is 41.1 Å². The number of imide groups is 1. The molecule has 69 heavy (non-hydrogen) atoms. The number of nitrogens with zero attached hydrogens (tertiary/aromatic N) is 9. The van der Waals surface area contributed by atoms with Gasteiger partial charge in [0.15, 0.2) is 17.4 Å². The van der Waals surface area contributed by atoms with Gasteiger partial charge in [0.05, 0.1) is 52.4 Å². The van der Waals surface area contributed by atoms with Gasteiger partial charge in [0.2, 0.25) is 11.8 Å². The lowest BCUT2D eigenvalue weighted by molar-refractivity contribution is -0.137. The number of nitriles is 1. The van der Waals surface area contributed by atoms with E-state index in [2.05, 4.69) is 20.1 Å². The summed E-state index contributed by atoms with van der Waals surface area (Å²) in [6.07, 6.45) is 5.11. The molecule has 0 aliphatic carbocycles. The summed E-state index contributed by atoms with van der Waals surface area (Å²) in [5.74, 6) is -1.71. The number of carbonyl (C=O) groups is 3. The van der Waals surface area contributed by atoms with Gasteiger partial charge < -0.3 is 19.3 Å². The van der Waals surface area contributed by atoms with Crippen LogP contribution < -0.4 is 30.1 Å². The van der Waals surface area contributed by atoms with E-state index >= 15 is 8.78 Å². The normalized spacial score (nSPS) is 18.7. The number of urea groups is 1. The number of halogens is 2. The number of aromatic nitrogens is 4. The standard InChI is InChI=1S/C45H49F2N11O8S.C2H6/c1-4-53(2)67(63,64)52-36-8-6-33(46)41(32(36)24-48)66-29-5-7-35-30(20-29)43(61)58(26-49-35)28-23-45(65-25-28)12-17-56(18-13-45)40(60)19-27-9-14-55(15-10-27)38-22-37-31(21-34(38)47)42(51-54(37)3)57-16-11-39(59)50-44(57)62;1-2/h5-8,20-22,26-28,52H,4,9-19,23,25H2,1-3H3,(H,50,59,62);1-2H3/t28-;/m1./s1. The van der Waals surface area contributed by atoms with Crippen LogP contribution in [0.1, 0.15) is 77.3 Å². The van der Waals surface area contributed by atoms with Crippen LogP contribution in [0, 0.1) is 28.9 Å². The van der Waals surface area contributed by atoms with Gasteiger partial charge in [-0.25, -0.2) is 18.6 Å². The fraction of sp³-hybridized carbons (Fsp3) is 0.468. The van der Waals surface area contributed by atoms with Gasteiger partial charge in [0, 0.05) is 71.6 Å². The molecule has 1 atom stereocenters. The summed E-state index contributed by atoms with van der Waals surface area (Å²) in [6, 6.07) is 10.6. The average Bonchev–Trinajstić information content (AvgIpc) is 3.89. The molecule has 9 rings (SSSR count). The van der Waals surface area contributed by atoms with Crippen molar-refractivity contribution in [2.45, 2.75) is 77.4 Å². The number of nitrogens with one attached hydrogen (secondary N) is 2. The molecule has 2 aromatic heterocycles. The van der Waals surface area contributed by atoms with E-state index in [1.54, 1.807) is 24.7 Å². The highest BCUT2D eigenvalue weighted by atomic mass is 32.2. The maximum atomic E-state index is 15.7. The number of hydrogen-bond donors (Lipinski definition) is 2. The number of rotatable bonds is 11. The molecule has 2 N–H and O–H groups in total. The van der Waals surface area contributed by atoms with Gasteiger partial charge in [-0.15, -0.1) is 0 Å². The Hall–Kier alpha value is -6.70. The maximum Gasteiger partial charge on any atom is 0.329 e. The van der Waals surface area contributed by atoms with Crippen LogP contribution in [0.25, 0.3) is 21.8 Å². The summed E-state index contributed by atoms with van der Waals surface area (Å²) in [4.78, 5) is 61.5. The first-order chi connectivity index (χ1) is 33.1. The van der Waals surface area contributed by atoms with E-state index in [9.17, 15) is 32.9 Å². The second-order valence-corrected chi connectivity index (χ2v) is 19.3. The van der Waals surface area contributed by atoms with Crippen LogP contribution >= 0.6 is 0 Å². The van der Waals surface area contributed by atoms with Gasteiger partial charge in [-0.1, -0.05) is 20.8 Å². The highest BCUT2D eigenvalue weighted by molar-refractivity contribution is 7.90. The van der Waals surface area contributed by atoms with E-state index < -0.39 is 39.2 Å². The Kier molecular flexibility index (Phi) is 13.9. The molecule has 4 aliphatic heterocycles. The number of ether oxygens (including phenoxy) is 2. The Morgan fingerprint density at radius 1 is 1.03 bits per heavy atom. The first kappa shape index (κ1) is 48.7. The van der Waals surface area contributed by atoms with Crippen molar-refractivity contribution in [3.05, 3.63) is 76.3 Å².